The van der Waals surface area contributed by atoms with Gasteiger partial charge in [0.2, 0.25) is 0 Å². The van der Waals surface area contributed by atoms with Crippen LogP contribution in [0.5, 0.6) is 0 Å². The number of nitrogens with zero attached hydrogens (tertiary/aromatic N) is 3. The van der Waals surface area contributed by atoms with Crippen LogP contribution in [0.4, 0.5) is 0 Å². The molecular weight excluding hydrogens is 390 g/mol. The first kappa shape index (κ1) is 23.9. The molecule has 0 N–H and O–H groups in total. The van der Waals surface area contributed by atoms with Crippen LogP contribution in [0.3, 0.4) is 0 Å². The Bertz CT molecular complexity index is 619. The summed E-state index contributed by atoms with van der Waals surface area (Å²) < 4.78 is 12.3. The zero-order valence-electron chi connectivity index (χ0n) is 18.0. The first-order valence-electron chi connectivity index (χ1n) is 9.03. The van der Waals surface area contributed by atoms with Crippen LogP contribution in [0.15, 0.2) is 35.3 Å². The minimum atomic E-state index is 0.222. The lowest BCUT2D eigenvalue weighted by atomic mass is 9.90. The van der Waals surface area contributed by atoms with Crippen molar-refractivity contribution in [1.29, 1.82) is 0 Å². The van der Waals surface area contributed by atoms with E-state index in [0.29, 0.717) is 0 Å². The fourth-order valence-corrected chi connectivity index (χ4v) is 3.87. The highest BCUT2D eigenvalue weighted by Gasteiger charge is 2.15. The van der Waals surface area contributed by atoms with Gasteiger partial charge in [0, 0.05) is 33.4 Å². The van der Waals surface area contributed by atoms with Crippen LogP contribution >= 0.6 is 34.6 Å². The second-order valence-corrected chi connectivity index (χ2v) is 11.6. The van der Waals surface area contributed by atoms with Gasteiger partial charge in [0.05, 0.1) is 5.69 Å². The first-order valence-corrected chi connectivity index (χ1v) is 11.5. The van der Waals surface area contributed by atoms with Gasteiger partial charge < -0.3 is 0 Å². The molecule has 6 heteroatoms. The van der Waals surface area contributed by atoms with Crippen molar-refractivity contribution in [3.8, 4) is 0 Å². The molecule has 0 aliphatic heterocycles. The van der Waals surface area contributed by atoms with Crippen molar-refractivity contribution in [2.24, 2.45) is 0 Å². The average Bonchev–Trinajstić information content (AvgIpc) is 3.28. The van der Waals surface area contributed by atoms with E-state index >= 15 is 0 Å². The maximum Gasteiger partial charge on any atom is 0.0595 e. The van der Waals surface area contributed by atoms with Crippen molar-refractivity contribution >= 4 is 34.6 Å². The predicted molar refractivity (Wildman–Crippen MR) is 122 cm³/mol. The summed E-state index contributed by atoms with van der Waals surface area (Å²) in [5, 5.41) is 4.11. The highest BCUT2D eigenvalue weighted by Crippen LogP contribution is 2.24. The number of hydrogen-bond acceptors (Lipinski definition) is 6. The Morgan fingerprint density at radius 2 is 1.41 bits per heavy atom. The highest BCUT2D eigenvalue weighted by molar-refractivity contribution is 7.05. The second-order valence-electron chi connectivity index (χ2n) is 9.42. The Kier molecular flexibility index (Phi) is 8.77. The lowest BCUT2D eigenvalue weighted by Crippen LogP contribution is -2.10. The third kappa shape index (κ3) is 9.08. The van der Waals surface area contributed by atoms with Gasteiger partial charge in [-0.2, -0.15) is 4.37 Å². The molecule has 0 aliphatic rings. The van der Waals surface area contributed by atoms with Crippen molar-refractivity contribution in [3.05, 3.63) is 51.4 Å². The zero-order chi connectivity index (χ0) is 20.7. The van der Waals surface area contributed by atoms with Crippen LogP contribution < -0.4 is 0 Å². The van der Waals surface area contributed by atoms with E-state index in [-0.39, 0.29) is 16.2 Å². The summed E-state index contributed by atoms with van der Waals surface area (Å²) >= 11 is 4.61. The molecule has 0 bridgehead atoms. The molecule has 0 atom stereocenters. The highest BCUT2D eigenvalue weighted by atomic mass is 32.1. The first-order chi connectivity index (χ1) is 12.3. The Morgan fingerprint density at radius 1 is 0.741 bits per heavy atom. The smallest absolute Gasteiger partial charge is 0.0595 e. The van der Waals surface area contributed by atoms with Gasteiger partial charge in [-0.1, -0.05) is 62.3 Å². The summed E-state index contributed by atoms with van der Waals surface area (Å²) in [5.74, 6) is 0. The largest absolute Gasteiger partial charge is 0.201 e. The molecule has 3 aromatic rings. The van der Waals surface area contributed by atoms with E-state index in [9.17, 15) is 0 Å². The Balaban J connectivity index is 0.000000202. The maximum absolute atomic E-state index is 4.23. The molecule has 0 spiro atoms. The third-order valence-corrected chi connectivity index (χ3v) is 6.00. The number of hydrogen-bond donors (Lipinski definition) is 0. The van der Waals surface area contributed by atoms with E-state index in [2.05, 4.69) is 92.9 Å². The van der Waals surface area contributed by atoms with Crippen LogP contribution in [-0.2, 0) is 16.2 Å². The normalized spacial score (nSPS) is 11.9. The maximum atomic E-state index is 4.23. The van der Waals surface area contributed by atoms with E-state index in [1.807, 2.05) is 17.8 Å². The van der Waals surface area contributed by atoms with Gasteiger partial charge in [0.25, 0.3) is 0 Å². The van der Waals surface area contributed by atoms with E-state index in [0.717, 1.165) is 0 Å². The quantitative estimate of drug-likeness (QED) is 0.380. The molecular formula is C21H33N3S3. The molecule has 3 nitrogen and oxygen atoms in total. The molecule has 150 valence electrons. The summed E-state index contributed by atoms with van der Waals surface area (Å²) in [6, 6.07) is 4.15. The monoisotopic (exact) mass is 423 g/mol. The standard InChI is InChI=1S/3C7H11NS/c1-7(2,3)6-4-8-9-5-6;1-7(2,3)6-4-5-9-8-6;1-7(2,3)6-4-5-8-9-6/h3*4-5H,1-3H3. The minimum absolute atomic E-state index is 0.222. The Morgan fingerprint density at radius 3 is 1.63 bits per heavy atom. The van der Waals surface area contributed by atoms with Gasteiger partial charge in [-0.25, -0.2) is 8.75 Å². The second kappa shape index (κ2) is 9.89. The van der Waals surface area contributed by atoms with Gasteiger partial charge in [0.1, 0.15) is 0 Å². The van der Waals surface area contributed by atoms with Crippen LogP contribution in [0.2, 0.25) is 0 Å². The molecule has 0 radical (unpaired) electrons. The molecule has 27 heavy (non-hydrogen) atoms. The van der Waals surface area contributed by atoms with Gasteiger partial charge in [0.15, 0.2) is 0 Å². The summed E-state index contributed by atoms with van der Waals surface area (Å²) in [6.07, 6.45) is 3.79. The van der Waals surface area contributed by atoms with Crippen molar-refractivity contribution < 1.29 is 0 Å². The van der Waals surface area contributed by atoms with E-state index < -0.39 is 0 Å². The topological polar surface area (TPSA) is 38.7 Å². The molecule has 0 amide bonds. The molecule has 0 aromatic carbocycles. The fourth-order valence-electron chi connectivity index (χ4n) is 1.78. The average molecular weight is 424 g/mol. The molecule has 0 fully saturated rings. The third-order valence-electron chi connectivity index (χ3n) is 3.68. The van der Waals surface area contributed by atoms with Gasteiger partial charge in [-0.15, -0.1) is 0 Å². The Labute approximate surface area is 177 Å². The molecule has 0 saturated carbocycles. The van der Waals surface area contributed by atoms with Crippen LogP contribution in [0, 0.1) is 0 Å². The van der Waals surface area contributed by atoms with E-state index in [4.69, 9.17) is 0 Å². The molecule has 3 aromatic heterocycles. The van der Waals surface area contributed by atoms with E-state index in [1.54, 1.807) is 11.5 Å². The van der Waals surface area contributed by atoms with Gasteiger partial charge in [-0.3, -0.25) is 0 Å². The summed E-state index contributed by atoms with van der Waals surface area (Å²) in [6.45, 7) is 19.7. The molecule has 0 unspecified atom stereocenters. The van der Waals surface area contributed by atoms with Gasteiger partial charge >= 0.3 is 0 Å². The lowest BCUT2D eigenvalue weighted by Gasteiger charge is -2.14. The SMILES string of the molecule is CC(C)(C)c1ccns1.CC(C)(C)c1ccsn1.CC(C)(C)c1cnsc1. The molecule has 0 saturated heterocycles. The lowest BCUT2D eigenvalue weighted by molar-refractivity contribution is 0.576. The van der Waals surface area contributed by atoms with Gasteiger partial charge in [-0.05, 0) is 63.1 Å². The van der Waals surface area contributed by atoms with Crippen molar-refractivity contribution in [2.45, 2.75) is 78.6 Å². The minimum Gasteiger partial charge on any atom is -0.201 e. The van der Waals surface area contributed by atoms with Crippen molar-refractivity contribution in [1.82, 2.24) is 13.1 Å². The summed E-state index contributed by atoms with van der Waals surface area (Å²) in [7, 11) is 0. The van der Waals surface area contributed by atoms with Crippen LogP contribution in [0.1, 0.15) is 78.4 Å². The zero-order valence-corrected chi connectivity index (χ0v) is 20.5. The van der Waals surface area contributed by atoms with Crippen LogP contribution in [0.25, 0.3) is 0 Å². The molecule has 3 rings (SSSR count). The summed E-state index contributed by atoms with van der Waals surface area (Å²) in [4.78, 5) is 1.35. The fraction of sp³-hybridized carbons (Fsp3) is 0.571. The van der Waals surface area contributed by atoms with Crippen molar-refractivity contribution in [3.63, 3.8) is 0 Å². The van der Waals surface area contributed by atoms with E-state index in [1.165, 1.54) is 39.2 Å². The number of rotatable bonds is 0. The summed E-state index contributed by atoms with van der Waals surface area (Å²) in [5.41, 5.74) is 3.29. The number of aromatic nitrogens is 3. The van der Waals surface area contributed by atoms with Crippen molar-refractivity contribution in [2.75, 3.05) is 0 Å². The Hall–Kier alpha value is -1.11. The predicted octanol–water partition coefficient (Wildman–Crippen LogP) is 7.32. The molecule has 3 heterocycles. The van der Waals surface area contributed by atoms with Crippen LogP contribution in [-0.4, -0.2) is 13.1 Å². The molecule has 0 aliphatic carbocycles.